The summed E-state index contributed by atoms with van der Waals surface area (Å²) in [6.07, 6.45) is 21.1. The van der Waals surface area contributed by atoms with Gasteiger partial charge in [-0.1, -0.05) is 134 Å². The van der Waals surface area contributed by atoms with E-state index in [1.807, 2.05) is 0 Å². The zero-order chi connectivity index (χ0) is 41.6. The first-order valence-electron chi connectivity index (χ1n) is 21.5. The predicted octanol–water partition coefficient (Wildman–Crippen LogP) is 6.19. The van der Waals surface area contributed by atoms with Crippen LogP contribution in [0.15, 0.2) is 36.5 Å². The summed E-state index contributed by atoms with van der Waals surface area (Å²) in [7, 11) is -5.15. The Labute approximate surface area is 336 Å². The van der Waals surface area contributed by atoms with Gasteiger partial charge in [0.15, 0.2) is 0 Å². The maximum absolute atomic E-state index is 12.9. The highest BCUT2D eigenvalue weighted by atomic mass is 31.2. The van der Waals surface area contributed by atoms with Crippen LogP contribution < -0.4 is 5.32 Å². The maximum Gasteiger partial charge on any atom is 0.472 e. The maximum atomic E-state index is 12.9. The zero-order valence-electron chi connectivity index (χ0n) is 34.3. The number of hydrogen-bond acceptors (Lipinski definition) is 11. The summed E-state index contributed by atoms with van der Waals surface area (Å²) in [5.41, 5.74) is 0. The van der Waals surface area contributed by atoms with Crippen molar-refractivity contribution >= 4 is 13.7 Å². The van der Waals surface area contributed by atoms with Crippen LogP contribution in [0.3, 0.4) is 0 Å². The van der Waals surface area contributed by atoms with Crippen molar-refractivity contribution in [3.8, 4) is 0 Å². The summed E-state index contributed by atoms with van der Waals surface area (Å²) in [5, 5.41) is 74.2. The summed E-state index contributed by atoms with van der Waals surface area (Å²) in [4.78, 5) is 23.3. The van der Waals surface area contributed by atoms with Crippen LogP contribution in [0.1, 0.15) is 162 Å². The molecule has 1 amide bonds. The molecule has 0 aromatic heterocycles. The number of phosphoric ester groups is 1. The summed E-state index contributed by atoms with van der Waals surface area (Å²) >= 11 is 0. The van der Waals surface area contributed by atoms with E-state index in [4.69, 9.17) is 9.05 Å². The molecule has 0 aromatic rings. The second-order valence-corrected chi connectivity index (χ2v) is 16.8. The average molecular weight is 820 g/mol. The number of unbranched alkanes of at least 4 members (excludes halogenated alkanes) is 17. The largest absolute Gasteiger partial charge is 0.472 e. The van der Waals surface area contributed by atoms with Crippen molar-refractivity contribution in [2.75, 3.05) is 6.61 Å². The topological polar surface area (TPSA) is 226 Å². The summed E-state index contributed by atoms with van der Waals surface area (Å²) < 4.78 is 22.8. The molecular weight excluding hydrogens is 741 g/mol. The third-order valence-electron chi connectivity index (χ3n) is 10.2. The van der Waals surface area contributed by atoms with Gasteiger partial charge in [0.2, 0.25) is 5.91 Å². The number of aliphatic hydroxyl groups excluding tert-OH is 7. The third kappa shape index (κ3) is 24.4. The molecule has 0 bridgehead atoms. The van der Waals surface area contributed by atoms with E-state index in [-0.39, 0.29) is 6.42 Å². The lowest BCUT2D eigenvalue weighted by Crippen LogP contribution is -2.64. The average Bonchev–Trinajstić information content (AvgIpc) is 3.17. The van der Waals surface area contributed by atoms with Crippen molar-refractivity contribution in [3.63, 3.8) is 0 Å². The first-order valence-corrected chi connectivity index (χ1v) is 23.0. The lowest BCUT2D eigenvalue weighted by Gasteiger charge is -2.41. The number of amides is 1. The lowest BCUT2D eigenvalue weighted by molar-refractivity contribution is -0.220. The molecule has 13 nitrogen and oxygen atoms in total. The van der Waals surface area contributed by atoms with E-state index < -0.39 is 75.2 Å². The van der Waals surface area contributed by atoms with Gasteiger partial charge >= 0.3 is 7.82 Å². The van der Waals surface area contributed by atoms with Crippen molar-refractivity contribution in [3.05, 3.63) is 36.5 Å². The number of nitrogens with one attached hydrogen (secondary N) is 1. The molecule has 1 rings (SSSR count). The first kappa shape index (κ1) is 52.5. The molecule has 14 heteroatoms. The van der Waals surface area contributed by atoms with E-state index >= 15 is 0 Å². The van der Waals surface area contributed by atoms with Crippen LogP contribution in [0.25, 0.3) is 0 Å². The van der Waals surface area contributed by atoms with Crippen LogP contribution in [0.5, 0.6) is 0 Å². The van der Waals surface area contributed by atoms with E-state index in [0.717, 1.165) is 51.4 Å². The van der Waals surface area contributed by atoms with Crippen LogP contribution in [0.4, 0.5) is 0 Å². The van der Waals surface area contributed by atoms with Crippen molar-refractivity contribution in [2.45, 2.75) is 216 Å². The molecular formula is C42H78NO12P. The Balaban J connectivity index is 2.64. The molecule has 0 aromatic carbocycles. The van der Waals surface area contributed by atoms with Gasteiger partial charge in [0, 0.05) is 0 Å². The number of hydrogen-bond donors (Lipinski definition) is 9. The molecule has 8 unspecified atom stereocenters. The minimum Gasteiger partial charge on any atom is -0.393 e. The van der Waals surface area contributed by atoms with Gasteiger partial charge in [0.25, 0.3) is 0 Å². The Kier molecular flexibility index (Phi) is 30.4. The number of allylic oxidation sites excluding steroid dienone is 5. The molecule has 0 saturated heterocycles. The molecule has 56 heavy (non-hydrogen) atoms. The number of phosphoric acid groups is 1. The fourth-order valence-electron chi connectivity index (χ4n) is 6.60. The summed E-state index contributed by atoms with van der Waals surface area (Å²) in [6, 6.07) is -1.26. The Bertz CT molecular complexity index is 1110. The smallest absolute Gasteiger partial charge is 0.393 e. The second kappa shape index (κ2) is 32.4. The Morgan fingerprint density at radius 1 is 0.625 bits per heavy atom. The van der Waals surface area contributed by atoms with Crippen molar-refractivity contribution in [2.24, 2.45) is 0 Å². The summed E-state index contributed by atoms with van der Waals surface area (Å²) in [6.45, 7) is 3.66. The van der Waals surface area contributed by atoms with Crippen molar-refractivity contribution in [1.29, 1.82) is 0 Å². The van der Waals surface area contributed by atoms with Crippen LogP contribution in [-0.2, 0) is 18.4 Å². The third-order valence-corrected chi connectivity index (χ3v) is 11.2. The fourth-order valence-corrected chi connectivity index (χ4v) is 7.57. The number of carbonyl (C=O) groups excluding carboxylic acids is 1. The highest BCUT2D eigenvalue weighted by Gasteiger charge is 2.51. The first-order chi connectivity index (χ1) is 26.8. The highest BCUT2D eigenvalue weighted by Crippen LogP contribution is 2.47. The molecule has 1 aliphatic rings. The van der Waals surface area contributed by atoms with Gasteiger partial charge in [-0.15, -0.1) is 0 Å². The van der Waals surface area contributed by atoms with Gasteiger partial charge in [-0.2, -0.15) is 0 Å². The molecule has 0 aliphatic heterocycles. The van der Waals surface area contributed by atoms with Crippen LogP contribution in [-0.4, -0.2) is 108 Å². The van der Waals surface area contributed by atoms with Crippen LogP contribution >= 0.6 is 7.82 Å². The normalized spacial score (nSPS) is 24.5. The van der Waals surface area contributed by atoms with E-state index in [0.29, 0.717) is 12.8 Å². The van der Waals surface area contributed by atoms with E-state index in [1.54, 1.807) is 6.08 Å². The lowest BCUT2D eigenvalue weighted by atomic mass is 9.85. The Morgan fingerprint density at radius 2 is 1.05 bits per heavy atom. The van der Waals surface area contributed by atoms with Crippen LogP contribution in [0, 0.1) is 0 Å². The SMILES string of the molecule is CCCCC/C=C\CCCCCC(O)CC(=O)NC(COP(=O)(O)OC1C(O)C(O)C(O)C(O)C1O)C(O)/C=C/CC/C=C/CCCCCCCCCCCC. The van der Waals surface area contributed by atoms with Gasteiger partial charge in [-0.3, -0.25) is 13.8 Å². The molecule has 0 radical (unpaired) electrons. The monoisotopic (exact) mass is 820 g/mol. The molecule has 8 atom stereocenters. The molecule has 1 aliphatic carbocycles. The Hall–Kier alpha value is -1.48. The number of carbonyl (C=O) groups is 1. The van der Waals surface area contributed by atoms with Crippen molar-refractivity contribution in [1.82, 2.24) is 5.32 Å². The molecule has 1 saturated carbocycles. The van der Waals surface area contributed by atoms with Gasteiger partial charge in [-0.25, -0.2) is 4.57 Å². The second-order valence-electron chi connectivity index (χ2n) is 15.4. The van der Waals surface area contributed by atoms with E-state index in [9.17, 15) is 50.0 Å². The predicted molar refractivity (Wildman–Crippen MR) is 220 cm³/mol. The van der Waals surface area contributed by atoms with E-state index in [1.165, 1.54) is 83.1 Å². The fraction of sp³-hybridized carbons (Fsp3) is 0.833. The summed E-state index contributed by atoms with van der Waals surface area (Å²) in [5.74, 6) is -0.615. The molecule has 0 heterocycles. The standard InChI is InChI=1S/C42H78NO12P/c1-3-5-7-9-11-13-15-16-17-18-19-20-22-24-26-28-30-35(45)34(32-54-56(52,53)55-42-40(50)38(48)37(47)39(49)41(42)51)43-36(46)31-33(44)29-27-25-23-21-14-12-10-8-6-4-2/h12,14,20,22,28,30,33-35,37-42,44-45,47-51H,3-11,13,15-19,21,23-27,29,31-32H2,1-2H3,(H,43,46)(H,52,53)/b14-12-,22-20+,30-28+. The zero-order valence-corrected chi connectivity index (χ0v) is 35.2. The Morgan fingerprint density at radius 3 is 1.61 bits per heavy atom. The van der Waals surface area contributed by atoms with Gasteiger partial charge < -0.3 is 46.0 Å². The molecule has 0 spiro atoms. The van der Waals surface area contributed by atoms with Gasteiger partial charge in [-0.05, 0) is 57.8 Å². The van der Waals surface area contributed by atoms with Gasteiger partial charge in [0.1, 0.15) is 36.6 Å². The molecule has 328 valence electrons. The molecule has 9 N–H and O–H groups in total. The number of rotatable bonds is 34. The van der Waals surface area contributed by atoms with Gasteiger partial charge in [0.05, 0.1) is 31.3 Å². The van der Waals surface area contributed by atoms with Crippen LogP contribution in [0.2, 0.25) is 0 Å². The van der Waals surface area contributed by atoms with Crippen molar-refractivity contribution < 1.29 is 59.0 Å². The quantitative estimate of drug-likeness (QED) is 0.0201. The number of aliphatic hydroxyl groups is 7. The minimum absolute atomic E-state index is 0.264. The highest BCUT2D eigenvalue weighted by molar-refractivity contribution is 7.47. The van der Waals surface area contributed by atoms with E-state index in [2.05, 4.69) is 43.5 Å². The minimum atomic E-state index is -5.15. The molecule has 1 fully saturated rings.